The highest BCUT2D eigenvalue weighted by atomic mass is 16.5. The maximum absolute atomic E-state index is 10.4. The average Bonchev–Trinajstić information content (AvgIpc) is 3.00. The van der Waals surface area contributed by atoms with E-state index in [2.05, 4.69) is 15.3 Å². The molecule has 1 heterocycles. The number of aliphatic carboxylic acids is 1. The molecule has 0 amide bonds. The van der Waals surface area contributed by atoms with Gasteiger partial charge in [0.2, 0.25) is 0 Å². The standard InChI is InChI=1S/C18H24N4O3/c1-25-14-7-8-16-15(11-14)13(12-22-16)5-4-10-21-18(19)20-9-3-2-6-17(23)24/h4-5,7-8,11-12,22H,2-3,6,9-10H2,1H3,(H,23,24)(H3,19,20,21)/b5-4+. The number of nitrogens with zero attached hydrogens (tertiary/aromatic N) is 1. The quantitative estimate of drug-likeness (QED) is 0.317. The molecule has 7 nitrogen and oxygen atoms in total. The molecule has 0 aliphatic rings. The molecule has 0 spiro atoms. The van der Waals surface area contributed by atoms with Crippen molar-refractivity contribution < 1.29 is 14.6 Å². The van der Waals surface area contributed by atoms with Crippen LogP contribution in [0, 0.1) is 0 Å². The van der Waals surface area contributed by atoms with Gasteiger partial charge in [0.15, 0.2) is 5.96 Å². The van der Waals surface area contributed by atoms with Crippen LogP contribution in [-0.4, -0.2) is 42.2 Å². The molecule has 0 saturated heterocycles. The van der Waals surface area contributed by atoms with Crippen LogP contribution in [0.4, 0.5) is 0 Å². The van der Waals surface area contributed by atoms with Gasteiger partial charge in [-0.3, -0.25) is 4.79 Å². The highest BCUT2D eigenvalue weighted by molar-refractivity contribution is 5.90. The fourth-order valence-electron chi connectivity index (χ4n) is 2.39. The third-order valence-corrected chi connectivity index (χ3v) is 3.71. The first kappa shape index (κ1) is 18.4. The van der Waals surface area contributed by atoms with Crippen LogP contribution in [-0.2, 0) is 4.79 Å². The molecular formula is C18H24N4O3. The predicted octanol–water partition coefficient (Wildman–Crippen LogP) is 2.35. The summed E-state index contributed by atoms with van der Waals surface area (Å²) in [6, 6.07) is 5.89. The van der Waals surface area contributed by atoms with Crippen LogP contribution < -0.4 is 15.8 Å². The minimum absolute atomic E-state index is 0.177. The van der Waals surface area contributed by atoms with Crippen molar-refractivity contribution in [1.82, 2.24) is 10.3 Å². The summed E-state index contributed by atoms with van der Waals surface area (Å²) in [4.78, 5) is 17.8. The highest BCUT2D eigenvalue weighted by Crippen LogP contribution is 2.24. The molecule has 0 aliphatic heterocycles. The molecule has 25 heavy (non-hydrogen) atoms. The number of guanidine groups is 1. The minimum Gasteiger partial charge on any atom is -0.497 e. The summed E-state index contributed by atoms with van der Waals surface area (Å²) in [6.07, 6.45) is 7.41. The molecule has 5 N–H and O–H groups in total. The van der Waals surface area contributed by atoms with E-state index in [0.717, 1.165) is 28.6 Å². The number of aromatic nitrogens is 1. The van der Waals surface area contributed by atoms with Crippen LogP contribution in [0.2, 0.25) is 0 Å². The van der Waals surface area contributed by atoms with Gasteiger partial charge in [0, 0.05) is 30.1 Å². The number of aliphatic imine (C=N–C) groups is 1. The largest absolute Gasteiger partial charge is 0.497 e. The van der Waals surface area contributed by atoms with Crippen molar-refractivity contribution in [2.24, 2.45) is 10.7 Å². The van der Waals surface area contributed by atoms with Crippen LogP contribution in [0.15, 0.2) is 35.5 Å². The van der Waals surface area contributed by atoms with Gasteiger partial charge in [0.25, 0.3) is 0 Å². The molecule has 0 atom stereocenters. The Bertz CT molecular complexity index is 765. The van der Waals surface area contributed by atoms with Crippen molar-refractivity contribution in [3.8, 4) is 5.75 Å². The highest BCUT2D eigenvalue weighted by Gasteiger charge is 2.02. The molecule has 0 bridgehead atoms. The first-order chi connectivity index (χ1) is 12.1. The molecule has 0 fully saturated rings. The van der Waals surface area contributed by atoms with E-state index in [1.165, 1.54) is 0 Å². The molecule has 7 heteroatoms. The van der Waals surface area contributed by atoms with E-state index in [1.807, 2.05) is 36.5 Å². The normalized spacial score (nSPS) is 12.0. The number of hydrogen-bond donors (Lipinski definition) is 4. The summed E-state index contributed by atoms with van der Waals surface area (Å²) in [5.74, 6) is 0.401. The number of unbranched alkanes of at least 4 members (excludes halogenated alkanes) is 1. The van der Waals surface area contributed by atoms with E-state index in [1.54, 1.807) is 7.11 Å². The summed E-state index contributed by atoms with van der Waals surface area (Å²) in [5, 5.41) is 12.6. The lowest BCUT2D eigenvalue weighted by atomic mass is 10.1. The van der Waals surface area contributed by atoms with Gasteiger partial charge in [-0.2, -0.15) is 0 Å². The molecule has 0 aliphatic carbocycles. The van der Waals surface area contributed by atoms with Crippen LogP contribution in [0.5, 0.6) is 5.75 Å². The van der Waals surface area contributed by atoms with Gasteiger partial charge in [0.05, 0.1) is 13.7 Å². The van der Waals surface area contributed by atoms with Crippen molar-refractivity contribution >= 4 is 28.9 Å². The molecule has 0 unspecified atom stereocenters. The van der Waals surface area contributed by atoms with E-state index in [4.69, 9.17) is 15.6 Å². The van der Waals surface area contributed by atoms with Crippen LogP contribution in [0.3, 0.4) is 0 Å². The Kier molecular flexibility index (Phi) is 6.88. The number of carboxylic acid groups (broad SMARTS) is 1. The summed E-state index contributed by atoms with van der Waals surface area (Å²) in [5.41, 5.74) is 7.88. The number of aromatic amines is 1. The topological polar surface area (TPSA) is 113 Å². The number of benzene rings is 1. The van der Waals surface area contributed by atoms with Crippen molar-refractivity contribution in [2.45, 2.75) is 19.3 Å². The Balaban J connectivity index is 1.81. The van der Waals surface area contributed by atoms with Gasteiger partial charge >= 0.3 is 5.97 Å². The van der Waals surface area contributed by atoms with E-state index >= 15 is 0 Å². The van der Waals surface area contributed by atoms with Crippen LogP contribution >= 0.6 is 0 Å². The summed E-state index contributed by atoms with van der Waals surface area (Å²) < 4.78 is 5.25. The third-order valence-electron chi connectivity index (χ3n) is 3.71. The number of methoxy groups -OCH3 is 1. The van der Waals surface area contributed by atoms with Gasteiger partial charge in [0.1, 0.15) is 5.75 Å². The van der Waals surface area contributed by atoms with Crippen molar-refractivity contribution in [3.05, 3.63) is 36.0 Å². The third kappa shape index (κ3) is 5.87. The number of H-pyrrole nitrogens is 1. The summed E-state index contributed by atoms with van der Waals surface area (Å²) in [6.45, 7) is 1.08. The van der Waals surface area contributed by atoms with E-state index in [0.29, 0.717) is 25.5 Å². The van der Waals surface area contributed by atoms with Crippen molar-refractivity contribution in [3.63, 3.8) is 0 Å². The molecule has 0 radical (unpaired) electrons. The fourth-order valence-corrected chi connectivity index (χ4v) is 2.39. The molecule has 0 saturated carbocycles. The number of carbonyl (C=O) groups is 1. The van der Waals surface area contributed by atoms with Crippen LogP contribution in [0.1, 0.15) is 24.8 Å². The Labute approximate surface area is 146 Å². The number of carboxylic acids is 1. The SMILES string of the molecule is COc1ccc2[nH]cc(/C=C/CN=C(N)NCCCCC(=O)O)c2c1. The second-order valence-corrected chi connectivity index (χ2v) is 5.56. The second kappa shape index (κ2) is 9.36. The number of ether oxygens (including phenoxy) is 1. The lowest BCUT2D eigenvalue weighted by molar-refractivity contribution is -0.137. The average molecular weight is 344 g/mol. The number of rotatable bonds is 9. The van der Waals surface area contributed by atoms with Gasteiger partial charge < -0.3 is 25.9 Å². The summed E-state index contributed by atoms with van der Waals surface area (Å²) in [7, 11) is 1.65. The van der Waals surface area contributed by atoms with E-state index in [9.17, 15) is 4.79 Å². The molecule has 134 valence electrons. The molecule has 2 rings (SSSR count). The number of hydrogen-bond acceptors (Lipinski definition) is 3. The zero-order valence-corrected chi connectivity index (χ0v) is 14.3. The second-order valence-electron chi connectivity index (χ2n) is 5.56. The minimum atomic E-state index is -0.776. The maximum Gasteiger partial charge on any atom is 0.303 e. The Morgan fingerprint density at radius 3 is 3.04 bits per heavy atom. The predicted molar refractivity (Wildman–Crippen MR) is 99.9 cm³/mol. The maximum atomic E-state index is 10.4. The lowest BCUT2D eigenvalue weighted by Gasteiger charge is -2.03. The van der Waals surface area contributed by atoms with Gasteiger partial charge in [-0.25, -0.2) is 4.99 Å². The van der Waals surface area contributed by atoms with E-state index < -0.39 is 5.97 Å². The number of fused-ring (bicyclic) bond motifs is 1. The van der Waals surface area contributed by atoms with Crippen molar-refractivity contribution in [1.29, 1.82) is 0 Å². The zero-order chi connectivity index (χ0) is 18.1. The first-order valence-electron chi connectivity index (χ1n) is 8.17. The zero-order valence-electron chi connectivity index (χ0n) is 14.3. The number of nitrogens with one attached hydrogen (secondary N) is 2. The Morgan fingerprint density at radius 1 is 1.44 bits per heavy atom. The monoisotopic (exact) mass is 344 g/mol. The number of nitrogens with two attached hydrogens (primary N) is 1. The lowest BCUT2D eigenvalue weighted by Crippen LogP contribution is -2.32. The smallest absolute Gasteiger partial charge is 0.303 e. The molecular weight excluding hydrogens is 320 g/mol. The van der Waals surface area contributed by atoms with Gasteiger partial charge in [-0.15, -0.1) is 0 Å². The van der Waals surface area contributed by atoms with E-state index in [-0.39, 0.29) is 6.42 Å². The van der Waals surface area contributed by atoms with Gasteiger partial charge in [-0.1, -0.05) is 12.2 Å². The van der Waals surface area contributed by atoms with Gasteiger partial charge in [-0.05, 0) is 36.6 Å². The molecule has 1 aromatic heterocycles. The van der Waals surface area contributed by atoms with Crippen LogP contribution in [0.25, 0.3) is 17.0 Å². The van der Waals surface area contributed by atoms with Crippen molar-refractivity contribution in [2.75, 3.05) is 20.2 Å². The Hall–Kier alpha value is -2.96. The molecule has 1 aromatic carbocycles. The Morgan fingerprint density at radius 2 is 2.28 bits per heavy atom. The molecule has 2 aromatic rings. The fraction of sp³-hybridized carbons (Fsp3) is 0.333. The summed E-state index contributed by atoms with van der Waals surface area (Å²) >= 11 is 0. The first-order valence-corrected chi connectivity index (χ1v) is 8.17.